The Labute approximate surface area is 180 Å². The Bertz CT molecular complexity index is 814. The summed E-state index contributed by atoms with van der Waals surface area (Å²) in [6.07, 6.45) is 6.27. The van der Waals surface area contributed by atoms with E-state index in [-0.39, 0.29) is 10.8 Å². The van der Waals surface area contributed by atoms with Crippen molar-refractivity contribution in [1.82, 2.24) is 14.5 Å². The summed E-state index contributed by atoms with van der Waals surface area (Å²) >= 11 is 0. The number of likely N-dealkylation sites (tertiary alicyclic amines) is 2. The molecule has 2 heterocycles. The molecule has 3 rings (SSSR count). The van der Waals surface area contributed by atoms with Gasteiger partial charge < -0.3 is 14.5 Å². The van der Waals surface area contributed by atoms with Gasteiger partial charge in [-0.2, -0.15) is 0 Å². The minimum Gasteiger partial charge on any atom is -0.496 e. The van der Waals surface area contributed by atoms with E-state index < -0.39 is 10.0 Å². The first kappa shape index (κ1) is 23.0. The van der Waals surface area contributed by atoms with Crippen molar-refractivity contribution in [2.45, 2.75) is 50.3 Å². The molecule has 2 saturated heterocycles. The van der Waals surface area contributed by atoms with Gasteiger partial charge in [0.15, 0.2) is 0 Å². The van der Waals surface area contributed by atoms with E-state index in [4.69, 9.17) is 4.74 Å². The fourth-order valence-corrected chi connectivity index (χ4v) is 5.27. The number of nitrogens with zero attached hydrogens (tertiary/aromatic N) is 2. The lowest BCUT2D eigenvalue weighted by Gasteiger charge is -2.30. The second kappa shape index (κ2) is 10.6. The SMILES string of the molecule is COc1ccc(S(=O)(=O)NCCCN2CCC(C)CC2)cc1C(=O)N1CCCCC1. The van der Waals surface area contributed by atoms with Gasteiger partial charge in [0.1, 0.15) is 5.75 Å². The van der Waals surface area contributed by atoms with Gasteiger partial charge in [-0.05, 0) is 82.3 Å². The minimum absolute atomic E-state index is 0.107. The number of benzene rings is 1. The van der Waals surface area contributed by atoms with E-state index in [0.29, 0.717) is 30.9 Å². The van der Waals surface area contributed by atoms with Gasteiger partial charge in [-0.3, -0.25) is 4.79 Å². The molecular formula is C22H35N3O4S. The average Bonchev–Trinajstić information content (AvgIpc) is 2.77. The lowest BCUT2D eigenvalue weighted by molar-refractivity contribution is 0.0720. The van der Waals surface area contributed by atoms with Crippen LogP contribution in [-0.2, 0) is 10.0 Å². The topological polar surface area (TPSA) is 79.0 Å². The second-order valence-electron chi connectivity index (χ2n) is 8.49. The van der Waals surface area contributed by atoms with E-state index in [2.05, 4.69) is 16.5 Å². The number of amides is 1. The van der Waals surface area contributed by atoms with Crippen molar-refractivity contribution in [3.8, 4) is 5.75 Å². The molecule has 1 amide bonds. The number of sulfonamides is 1. The largest absolute Gasteiger partial charge is 0.496 e. The fourth-order valence-electron chi connectivity index (χ4n) is 4.17. The quantitative estimate of drug-likeness (QED) is 0.633. The fraction of sp³-hybridized carbons (Fsp3) is 0.682. The summed E-state index contributed by atoms with van der Waals surface area (Å²) in [6, 6.07) is 4.52. The summed E-state index contributed by atoms with van der Waals surface area (Å²) in [7, 11) is -2.18. The first-order chi connectivity index (χ1) is 14.4. The highest BCUT2D eigenvalue weighted by molar-refractivity contribution is 7.89. The van der Waals surface area contributed by atoms with Crippen LogP contribution < -0.4 is 9.46 Å². The molecule has 0 unspecified atom stereocenters. The zero-order chi connectivity index (χ0) is 21.6. The molecule has 1 aromatic carbocycles. The zero-order valence-electron chi connectivity index (χ0n) is 18.2. The highest BCUT2D eigenvalue weighted by Crippen LogP contribution is 2.25. The number of piperidine rings is 2. The standard InChI is InChI=1S/C22H35N3O4S/c1-18-9-15-24(16-10-18)12-6-11-23-30(27,28)19-7-8-21(29-2)20(17-19)22(26)25-13-4-3-5-14-25/h7-8,17-18,23H,3-6,9-16H2,1-2H3. The lowest BCUT2D eigenvalue weighted by Crippen LogP contribution is -2.36. The van der Waals surface area contributed by atoms with E-state index >= 15 is 0 Å². The van der Waals surface area contributed by atoms with Gasteiger partial charge in [0, 0.05) is 19.6 Å². The molecule has 0 spiro atoms. The third-order valence-electron chi connectivity index (χ3n) is 6.17. The molecule has 0 aliphatic carbocycles. The second-order valence-corrected chi connectivity index (χ2v) is 10.3. The van der Waals surface area contributed by atoms with Crippen LogP contribution in [0.2, 0.25) is 0 Å². The summed E-state index contributed by atoms with van der Waals surface area (Å²) in [5.41, 5.74) is 0.310. The third kappa shape index (κ3) is 5.95. The monoisotopic (exact) mass is 437 g/mol. The van der Waals surface area contributed by atoms with Gasteiger partial charge in [-0.15, -0.1) is 0 Å². The zero-order valence-corrected chi connectivity index (χ0v) is 19.0. The van der Waals surface area contributed by atoms with Crippen LogP contribution in [0, 0.1) is 5.92 Å². The normalized spacial score (nSPS) is 19.1. The highest BCUT2D eigenvalue weighted by atomic mass is 32.2. The Morgan fingerprint density at radius 3 is 2.50 bits per heavy atom. The lowest BCUT2D eigenvalue weighted by atomic mass is 9.99. The van der Waals surface area contributed by atoms with Gasteiger partial charge >= 0.3 is 0 Å². The van der Waals surface area contributed by atoms with Crippen molar-refractivity contribution in [1.29, 1.82) is 0 Å². The predicted molar refractivity (Wildman–Crippen MR) is 117 cm³/mol. The number of hydrogen-bond donors (Lipinski definition) is 1. The van der Waals surface area contributed by atoms with Gasteiger partial charge in [-0.1, -0.05) is 6.92 Å². The van der Waals surface area contributed by atoms with E-state index in [9.17, 15) is 13.2 Å². The maximum absolute atomic E-state index is 12.9. The molecule has 1 N–H and O–H groups in total. The molecule has 0 saturated carbocycles. The molecule has 8 heteroatoms. The van der Waals surface area contributed by atoms with E-state index in [1.54, 1.807) is 11.0 Å². The van der Waals surface area contributed by atoms with Crippen LogP contribution in [-0.4, -0.2) is 70.5 Å². The smallest absolute Gasteiger partial charge is 0.257 e. The number of carbonyl (C=O) groups is 1. The number of hydrogen-bond acceptors (Lipinski definition) is 5. The maximum atomic E-state index is 12.9. The number of carbonyl (C=O) groups excluding carboxylic acids is 1. The predicted octanol–water partition coefficient (Wildman–Crippen LogP) is 2.72. The van der Waals surface area contributed by atoms with Crippen molar-refractivity contribution in [2.24, 2.45) is 5.92 Å². The molecule has 0 aromatic heterocycles. The molecule has 0 atom stereocenters. The summed E-state index contributed by atoms with van der Waals surface area (Å²) in [5, 5.41) is 0. The van der Waals surface area contributed by atoms with E-state index in [1.807, 2.05) is 0 Å². The van der Waals surface area contributed by atoms with Crippen LogP contribution in [0.5, 0.6) is 5.75 Å². The Morgan fingerprint density at radius 1 is 1.13 bits per heavy atom. The number of rotatable bonds is 8. The van der Waals surface area contributed by atoms with Gasteiger partial charge in [0.25, 0.3) is 5.91 Å². The Kier molecular flexibility index (Phi) is 8.13. The van der Waals surface area contributed by atoms with Crippen molar-refractivity contribution in [3.63, 3.8) is 0 Å². The van der Waals surface area contributed by atoms with E-state index in [0.717, 1.165) is 51.2 Å². The molecule has 0 radical (unpaired) electrons. The summed E-state index contributed by atoms with van der Waals surface area (Å²) in [6.45, 7) is 7.15. The van der Waals surface area contributed by atoms with Crippen LogP contribution in [0.1, 0.15) is 55.8 Å². The molecule has 30 heavy (non-hydrogen) atoms. The molecule has 1 aromatic rings. The third-order valence-corrected chi connectivity index (χ3v) is 7.63. The van der Waals surface area contributed by atoms with Crippen molar-refractivity contribution in [2.75, 3.05) is 46.4 Å². The van der Waals surface area contributed by atoms with Crippen molar-refractivity contribution in [3.05, 3.63) is 23.8 Å². The molecule has 2 aliphatic heterocycles. The van der Waals surface area contributed by atoms with Gasteiger partial charge in [0.05, 0.1) is 17.6 Å². The minimum atomic E-state index is -3.68. The molecular weight excluding hydrogens is 402 g/mol. The Balaban J connectivity index is 1.61. The molecule has 168 valence electrons. The molecule has 2 fully saturated rings. The van der Waals surface area contributed by atoms with Crippen LogP contribution >= 0.6 is 0 Å². The Morgan fingerprint density at radius 2 is 1.83 bits per heavy atom. The Hall–Kier alpha value is -1.64. The average molecular weight is 438 g/mol. The molecule has 0 bridgehead atoms. The summed E-state index contributed by atoms with van der Waals surface area (Å²) in [4.78, 5) is 17.2. The number of ether oxygens (including phenoxy) is 1. The van der Waals surface area contributed by atoms with Crippen molar-refractivity contribution < 1.29 is 17.9 Å². The maximum Gasteiger partial charge on any atom is 0.257 e. The number of methoxy groups -OCH3 is 1. The van der Waals surface area contributed by atoms with Gasteiger partial charge in [0.2, 0.25) is 10.0 Å². The summed E-state index contributed by atoms with van der Waals surface area (Å²) in [5.74, 6) is 1.03. The summed E-state index contributed by atoms with van der Waals surface area (Å²) < 4.78 is 33.6. The highest BCUT2D eigenvalue weighted by Gasteiger charge is 2.24. The van der Waals surface area contributed by atoms with Crippen LogP contribution in [0.3, 0.4) is 0 Å². The van der Waals surface area contributed by atoms with Crippen LogP contribution in [0.15, 0.2) is 23.1 Å². The first-order valence-corrected chi connectivity index (χ1v) is 12.6. The number of nitrogens with one attached hydrogen (secondary N) is 1. The molecule has 2 aliphatic rings. The van der Waals surface area contributed by atoms with Gasteiger partial charge in [-0.25, -0.2) is 13.1 Å². The van der Waals surface area contributed by atoms with E-state index in [1.165, 1.54) is 32.1 Å². The van der Waals surface area contributed by atoms with Crippen LogP contribution in [0.25, 0.3) is 0 Å². The first-order valence-electron chi connectivity index (χ1n) is 11.1. The molecule has 7 nitrogen and oxygen atoms in total. The van der Waals surface area contributed by atoms with Crippen molar-refractivity contribution >= 4 is 15.9 Å². The van der Waals surface area contributed by atoms with Crippen LogP contribution in [0.4, 0.5) is 0 Å².